The van der Waals surface area contributed by atoms with E-state index in [1.807, 2.05) is 13.8 Å². The summed E-state index contributed by atoms with van der Waals surface area (Å²) in [5, 5.41) is 0. The van der Waals surface area contributed by atoms with Crippen molar-refractivity contribution in [1.82, 2.24) is 0 Å². The fraction of sp³-hybridized carbons (Fsp3) is 0.833. The summed E-state index contributed by atoms with van der Waals surface area (Å²) in [7, 11) is 1.36. The molecule has 5 heteroatoms. The van der Waals surface area contributed by atoms with E-state index in [1.165, 1.54) is 45.6 Å². The molecule has 3 nitrogen and oxygen atoms in total. The minimum Gasteiger partial charge on any atom is -0.498 e. The Morgan fingerprint density at radius 2 is 1.52 bits per heavy atom. The maximum absolute atomic E-state index is 14.0. The molecule has 0 radical (unpaired) electrons. The minimum absolute atomic E-state index is 0.0670. The van der Waals surface area contributed by atoms with Crippen LogP contribution in [0.1, 0.15) is 85.0 Å². The predicted molar refractivity (Wildman–Crippen MR) is 113 cm³/mol. The van der Waals surface area contributed by atoms with Crippen molar-refractivity contribution in [3.8, 4) is 0 Å². The number of hydrogen-bond donors (Lipinski definition) is 0. The first-order valence-corrected chi connectivity index (χ1v) is 11.7. The Hall–Kier alpha value is -1.10. The van der Waals surface area contributed by atoms with Crippen LogP contribution in [0.25, 0.3) is 0 Å². The average Bonchev–Trinajstić information content (AvgIpc) is 2.77. The largest absolute Gasteiger partial charge is 0.498 e. The molecule has 168 valence electrons. The third-order valence-electron chi connectivity index (χ3n) is 6.52. The van der Waals surface area contributed by atoms with Crippen LogP contribution in [0.4, 0.5) is 8.78 Å². The lowest BCUT2D eigenvalue weighted by Gasteiger charge is -2.37. The van der Waals surface area contributed by atoms with Crippen LogP contribution in [-0.2, 0) is 14.2 Å². The Morgan fingerprint density at radius 3 is 2.10 bits per heavy atom. The van der Waals surface area contributed by atoms with Crippen molar-refractivity contribution in [3.05, 3.63) is 23.2 Å². The van der Waals surface area contributed by atoms with Gasteiger partial charge in [0.2, 0.25) is 0 Å². The minimum atomic E-state index is -0.919. The zero-order valence-electron chi connectivity index (χ0n) is 18.8. The third-order valence-corrected chi connectivity index (χ3v) is 6.52. The second-order valence-electron chi connectivity index (χ2n) is 8.37. The van der Waals surface area contributed by atoms with Gasteiger partial charge in [-0.15, -0.1) is 0 Å². The molecular formula is C24H40F2O3. The lowest BCUT2D eigenvalue weighted by molar-refractivity contribution is -0.0704. The van der Waals surface area contributed by atoms with E-state index in [0.717, 1.165) is 18.8 Å². The third kappa shape index (κ3) is 6.70. The molecule has 0 N–H and O–H groups in total. The van der Waals surface area contributed by atoms with Crippen molar-refractivity contribution < 1.29 is 23.0 Å². The molecule has 0 aromatic heterocycles. The summed E-state index contributed by atoms with van der Waals surface area (Å²) in [6.07, 6.45) is 11.1. The molecule has 1 saturated carbocycles. The first kappa shape index (κ1) is 24.2. The molecule has 0 spiro atoms. The van der Waals surface area contributed by atoms with Gasteiger partial charge in [0.1, 0.15) is 11.5 Å². The van der Waals surface area contributed by atoms with Crippen molar-refractivity contribution in [2.24, 2.45) is 17.8 Å². The molecule has 0 aromatic rings. The van der Waals surface area contributed by atoms with E-state index >= 15 is 0 Å². The summed E-state index contributed by atoms with van der Waals surface area (Å²) in [6, 6.07) is 0. The van der Waals surface area contributed by atoms with Gasteiger partial charge < -0.3 is 14.2 Å². The highest BCUT2D eigenvalue weighted by Gasteiger charge is 2.32. The summed E-state index contributed by atoms with van der Waals surface area (Å²) in [5.41, 5.74) is 0. The molecule has 3 rings (SSSR count). The monoisotopic (exact) mass is 414 g/mol. The van der Waals surface area contributed by atoms with E-state index in [4.69, 9.17) is 14.2 Å². The fourth-order valence-corrected chi connectivity index (χ4v) is 4.82. The highest BCUT2D eigenvalue weighted by Crippen LogP contribution is 2.38. The quantitative estimate of drug-likeness (QED) is 0.440. The first-order valence-electron chi connectivity index (χ1n) is 11.7. The predicted octanol–water partition coefficient (Wildman–Crippen LogP) is 7.23. The molecule has 1 heterocycles. The maximum atomic E-state index is 14.0. The van der Waals surface area contributed by atoms with Gasteiger partial charge >= 0.3 is 0 Å². The van der Waals surface area contributed by atoms with Gasteiger partial charge in [0.25, 0.3) is 0 Å². The van der Waals surface area contributed by atoms with E-state index < -0.39 is 11.7 Å². The van der Waals surface area contributed by atoms with Crippen molar-refractivity contribution in [2.45, 2.75) is 91.1 Å². The molecule has 1 saturated heterocycles. The van der Waals surface area contributed by atoms with Crippen LogP contribution in [0, 0.1) is 17.8 Å². The van der Waals surface area contributed by atoms with E-state index in [1.54, 1.807) is 0 Å². The van der Waals surface area contributed by atoms with Crippen molar-refractivity contribution in [3.63, 3.8) is 0 Å². The normalized spacial score (nSPS) is 30.6. The van der Waals surface area contributed by atoms with Crippen molar-refractivity contribution >= 4 is 0 Å². The number of rotatable bonds is 7. The van der Waals surface area contributed by atoms with Gasteiger partial charge in [-0.3, -0.25) is 0 Å². The van der Waals surface area contributed by atoms with Crippen LogP contribution in [0.15, 0.2) is 23.2 Å². The Kier molecular flexibility index (Phi) is 10.5. The Bertz CT molecular complexity index is 542. The summed E-state index contributed by atoms with van der Waals surface area (Å²) in [6.45, 7) is 7.33. The SMILES string of the molecule is CC.CCCC1CCC(C2CCC(COC3=C(F)C(F)=C(OC)CC3)CO2)CC1. The standard InChI is InChI=1S/C22H34F2O3.C2H6/c1-3-4-15-5-8-17(9-6-15)18-10-7-16(13-26-18)14-27-20-12-11-19(25-2)21(23)22(20)24;1-2/h15-18H,3-14H2,1-2H3;1-2H3. The first-order chi connectivity index (χ1) is 14.1. The second-order valence-corrected chi connectivity index (χ2v) is 8.37. The van der Waals surface area contributed by atoms with Crippen LogP contribution in [0.3, 0.4) is 0 Å². The number of hydrogen-bond acceptors (Lipinski definition) is 3. The van der Waals surface area contributed by atoms with Crippen molar-refractivity contribution in [2.75, 3.05) is 20.3 Å². The average molecular weight is 415 g/mol. The van der Waals surface area contributed by atoms with Crippen LogP contribution in [0.2, 0.25) is 0 Å². The van der Waals surface area contributed by atoms with E-state index in [2.05, 4.69) is 6.92 Å². The fourth-order valence-electron chi connectivity index (χ4n) is 4.82. The Balaban J connectivity index is 0.00000145. The smallest absolute Gasteiger partial charge is 0.199 e. The van der Waals surface area contributed by atoms with Gasteiger partial charge in [0.15, 0.2) is 11.7 Å². The molecule has 2 aliphatic carbocycles. The van der Waals surface area contributed by atoms with Gasteiger partial charge in [-0.1, -0.05) is 46.5 Å². The van der Waals surface area contributed by atoms with Gasteiger partial charge in [-0.2, -0.15) is 8.78 Å². The van der Waals surface area contributed by atoms with Crippen LogP contribution in [-0.4, -0.2) is 26.4 Å². The number of methoxy groups -OCH3 is 1. The molecule has 0 aromatic carbocycles. The maximum Gasteiger partial charge on any atom is 0.199 e. The van der Waals surface area contributed by atoms with Gasteiger partial charge in [0, 0.05) is 18.8 Å². The van der Waals surface area contributed by atoms with E-state index in [-0.39, 0.29) is 17.4 Å². The van der Waals surface area contributed by atoms with E-state index in [0.29, 0.717) is 38.1 Å². The lowest BCUT2D eigenvalue weighted by Crippen LogP contribution is -2.35. The summed E-state index contributed by atoms with van der Waals surface area (Å²) in [5.74, 6) is 0.234. The Morgan fingerprint density at radius 1 is 0.897 bits per heavy atom. The summed E-state index contributed by atoms with van der Waals surface area (Å²) >= 11 is 0. The van der Waals surface area contributed by atoms with Crippen LogP contribution >= 0.6 is 0 Å². The van der Waals surface area contributed by atoms with Gasteiger partial charge in [-0.25, -0.2) is 0 Å². The van der Waals surface area contributed by atoms with Crippen LogP contribution in [0.5, 0.6) is 0 Å². The highest BCUT2D eigenvalue weighted by molar-refractivity contribution is 5.29. The van der Waals surface area contributed by atoms with Gasteiger partial charge in [0.05, 0.1) is 26.4 Å². The molecular weight excluding hydrogens is 374 g/mol. The molecule has 29 heavy (non-hydrogen) atoms. The van der Waals surface area contributed by atoms with Crippen molar-refractivity contribution in [1.29, 1.82) is 0 Å². The molecule has 0 amide bonds. The Labute approximate surface area is 175 Å². The lowest BCUT2D eigenvalue weighted by atomic mass is 9.76. The summed E-state index contributed by atoms with van der Waals surface area (Å²) in [4.78, 5) is 0. The zero-order chi connectivity index (χ0) is 21.2. The molecule has 3 aliphatic rings. The highest BCUT2D eigenvalue weighted by atomic mass is 19.2. The number of ether oxygens (including phenoxy) is 3. The molecule has 2 fully saturated rings. The topological polar surface area (TPSA) is 27.7 Å². The van der Waals surface area contributed by atoms with E-state index in [9.17, 15) is 8.78 Å². The molecule has 2 atom stereocenters. The van der Waals surface area contributed by atoms with Gasteiger partial charge in [-0.05, 0) is 37.5 Å². The second kappa shape index (κ2) is 12.6. The number of allylic oxidation sites excluding steroid dienone is 4. The zero-order valence-corrected chi connectivity index (χ0v) is 18.8. The molecule has 1 aliphatic heterocycles. The summed E-state index contributed by atoms with van der Waals surface area (Å²) < 4.78 is 44.5. The molecule has 0 bridgehead atoms. The van der Waals surface area contributed by atoms with Crippen LogP contribution < -0.4 is 0 Å². The molecule has 2 unspecified atom stereocenters. The number of halogens is 2.